The summed E-state index contributed by atoms with van der Waals surface area (Å²) in [6, 6.07) is 10.4. The maximum absolute atomic E-state index is 12.2. The first-order chi connectivity index (χ1) is 9.22. The van der Waals surface area contributed by atoms with Gasteiger partial charge in [0.25, 0.3) is 5.91 Å². The van der Waals surface area contributed by atoms with Crippen LogP contribution in [0.2, 0.25) is 0 Å². The molecule has 3 rings (SSSR count). The van der Waals surface area contributed by atoms with E-state index in [9.17, 15) is 4.79 Å². The van der Waals surface area contributed by atoms with Gasteiger partial charge in [-0.1, -0.05) is 18.2 Å². The van der Waals surface area contributed by atoms with Gasteiger partial charge in [0, 0.05) is 16.1 Å². The lowest BCUT2D eigenvalue weighted by Gasteiger charge is -2.25. The SMILES string of the molecule is O=C(NC1CCC(Cl)CC1)c1cc2ccccc2s1. The predicted octanol–water partition coefficient (Wildman–Crippen LogP) is 4.18. The van der Waals surface area contributed by atoms with Crippen LogP contribution in [0.1, 0.15) is 35.4 Å². The van der Waals surface area contributed by atoms with E-state index in [-0.39, 0.29) is 17.3 Å². The highest BCUT2D eigenvalue weighted by Crippen LogP contribution is 2.26. The second-order valence-corrected chi connectivity index (χ2v) is 6.77. The van der Waals surface area contributed by atoms with Gasteiger partial charge in [-0.2, -0.15) is 0 Å². The Morgan fingerprint density at radius 3 is 2.68 bits per heavy atom. The van der Waals surface area contributed by atoms with Gasteiger partial charge in [-0.15, -0.1) is 22.9 Å². The van der Waals surface area contributed by atoms with Crippen molar-refractivity contribution in [3.8, 4) is 0 Å². The van der Waals surface area contributed by atoms with Crippen molar-refractivity contribution in [1.82, 2.24) is 5.32 Å². The number of hydrogen-bond acceptors (Lipinski definition) is 2. The summed E-state index contributed by atoms with van der Waals surface area (Å²) in [5.41, 5.74) is 0. The van der Waals surface area contributed by atoms with E-state index in [4.69, 9.17) is 11.6 Å². The molecule has 0 aliphatic heterocycles. The Kier molecular flexibility index (Phi) is 3.76. The average molecular weight is 294 g/mol. The van der Waals surface area contributed by atoms with Gasteiger partial charge in [-0.3, -0.25) is 4.79 Å². The van der Waals surface area contributed by atoms with Crippen LogP contribution < -0.4 is 5.32 Å². The molecule has 0 radical (unpaired) electrons. The van der Waals surface area contributed by atoms with Crippen molar-refractivity contribution in [2.24, 2.45) is 0 Å². The van der Waals surface area contributed by atoms with Gasteiger partial charge < -0.3 is 5.32 Å². The van der Waals surface area contributed by atoms with Crippen LogP contribution in [0.5, 0.6) is 0 Å². The standard InChI is InChI=1S/C15H16ClNOS/c16-11-5-7-12(8-6-11)17-15(18)14-9-10-3-1-2-4-13(10)19-14/h1-4,9,11-12H,5-8H2,(H,17,18). The maximum atomic E-state index is 12.2. The highest BCUT2D eigenvalue weighted by molar-refractivity contribution is 7.20. The molecule has 1 fully saturated rings. The van der Waals surface area contributed by atoms with Crippen molar-refractivity contribution in [2.45, 2.75) is 37.1 Å². The van der Waals surface area contributed by atoms with Crippen molar-refractivity contribution in [3.05, 3.63) is 35.2 Å². The Hall–Kier alpha value is -1.06. The Bertz CT molecular complexity index is 554. The number of thiophene rings is 1. The van der Waals surface area contributed by atoms with E-state index >= 15 is 0 Å². The first-order valence-corrected chi connectivity index (χ1v) is 7.91. The summed E-state index contributed by atoms with van der Waals surface area (Å²) >= 11 is 7.63. The lowest BCUT2D eigenvalue weighted by Crippen LogP contribution is -2.37. The fourth-order valence-electron chi connectivity index (χ4n) is 2.55. The molecular weight excluding hydrogens is 278 g/mol. The third-order valence-corrected chi connectivity index (χ3v) is 5.19. The number of fused-ring (bicyclic) bond motifs is 1. The molecule has 4 heteroatoms. The Labute approximate surface area is 121 Å². The summed E-state index contributed by atoms with van der Waals surface area (Å²) in [5.74, 6) is 0.0548. The molecule has 1 N–H and O–H groups in total. The topological polar surface area (TPSA) is 29.1 Å². The summed E-state index contributed by atoms with van der Waals surface area (Å²) in [7, 11) is 0. The maximum Gasteiger partial charge on any atom is 0.261 e. The number of carbonyl (C=O) groups is 1. The molecule has 1 amide bonds. The second kappa shape index (κ2) is 5.51. The highest BCUT2D eigenvalue weighted by atomic mass is 35.5. The summed E-state index contributed by atoms with van der Waals surface area (Å²) in [6.07, 6.45) is 3.98. The summed E-state index contributed by atoms with van der Waals surface area (Å²) in [4.78, 5) is 13.0. The molecule has 1 aromatic carbocycles. The fraction of sp³-hybridized carbons (Fsp3) is 0.400. The molecule has 0 spiro atoms. The van der Waals surface area contributed by atoms with E-state index in [1.807, 2.05) is 24.3 Å². The lowest BCUT2D eigenvalue weighted by atomic mass is 9.95. The van der Waals surface area contributed by atoms with E-state index in [0.717, 1.165) is 40.6 Å². The number of nitrogens with one attached hydrogen (secondary N) is 1. The third kappa shape index (κ3) is 2.93. The summed E-state index contributed by atoms with van der Waals surface area (Å²) in [5, 5.41) is 4.56. The monoisotopic (exact) mass is 293 g/mol. The van der Waals surface area contributed by atoms with Crippen LogP contribution in [-0.2, 0) is 0 Å². The van der Waals surface area contributed by atoms with E-state index < -0.39 is 0 Å². The van der Waals surface area contributed by atoms with Gasteiger partial charge in [-0.25, -0.2) is 0 Å². The van der Waals surface area contributed by atoms with Gasteiger partial charge >= 0.3 is 0 Å². The zero-order chi connectivity index (χ0) is 13.2. The Morgan fingerprint density at radius 1 is 1.21 bits per heavy atom. The second-order valence-electron chi connectivity index (χ2n) is 5.07. The van der Waals surface area contributed by atoms with Crippen molar-refractivity contribution in [3.63, 3.8) is 0 Å². The smallest absolute Gasteiger partial charge is 0.261 e. The van der Waals surface area contributed by atoms with Crippen LogP contribution >= 0.6 is 22.9 Å². The van der Waals surface area contributed by atoms with Gasteiger partial charge in [0.15, 0.2) is 0 Å². The number of rotatable bonds is 2. The average Bonchev–Trinajstić information content (AvgIpc) is 2.85. The molecule has 100 valence electrons. The van der Waals surface area contributed by atoms with Gasteiger partial charge in [-0.05, 0) is 43.2 Å². The molecule has 0 saturated heterocycles. The van der Waals surface area contributed by atoms with E-state index in [1.165, 1.54) is 0 Å². The first-order valence-electron chi connectivity index (χ1n) is 6.66. The summed E-state index contributed by atoms with van der Waals surface area (Å²) in [6.45, 7) is 0. The minimum absolute atomic E-state index is 0.0548. The van der Waals surface area contributed by atoms with E-state index in [0.29, 0.717) is 0 Å². The molecule has 1 heterocycles. The van der Waals surface area contributed by atoms with Gasteiger partial charge in [0.1, 0.15) is 0 Å². The molecule has 1 aliphatic carbocycles. The fourth-order valence-corrected chi connectivity index (χ4v) is 3.77. The molecule has 1 aromatic heterocycles. The largest absolute Gasteiger partial charge is 0.349 e. The molecule has 1 saturated carbocycles. The van der Waals surface area contributed by atoms with Crippen LogP contribution in [0.3, 0.4) is 0 Å². The molecule has 0 unspecified atom stereocenters. The zero-order valence-corrected chi connectivity index (χ0v) is 12.1. The normalized spacial score (nSPS) is 23.4. The van der Waals surface area contributed by atoms with Crippen LogP contribution in [0.4, 0.5) is 0 Å². The molecule has 0 atom stereocenters. The van der Waals surface area contributed by atoms with E-state index in [1.54, 1.807) is 11.3 Å². The molecule has 2 nitrogen and oxygen atoms in total. The van der Waals surface area contributed by atoms with Crippen LogP contribution in [0, 0.1) is 0 Å². The van der Waals surface area contributed by atoms with Crippen LogP contribution in [0.15, 0.2) is 30.3 Å². The van der Waals surface area contributed by atoms with Crippen molar-refractivity contribution in [1.29, 1.82) is 0 Å². The number of amides is 1. The summed E-state index contributed by atoms with van der Waals surface area (Å²) < 4.78 is 1.16. The molecule has 2 aromatic rings. The van der Waals surface area contributed by atoms with Crippen molar-refractivity contribution in [2.75, 3.05) is 0 Å². The Balaban J connectivity index is 1.70. The lowest BCUT2D eigenvalue weighted by molar-refractivity contribution is 0.0932. The number of hydrogen-bond donors (Lipinski definition) is 1. The molecule has 1 aliphatic rings. The van der Waals surface area contributed by atoms with Crippen LogP contribution in [0.25, 0.3) is 10.1 Å². The van der Waals surface area contributed by atoms with Gasteiger partial charge in [0.2, 0.25) is 0 Å². The molecular formula is C15H16ClNOS. The quantitative estimate of drug-likeness (QED) is 0.827. The minimum atomic E-state index is 0.0548. The third-order valence-electron chi connectivity index (χ3n) is 3.64. The zero-order valence-electron chi connectivity index (χ0n) is 10.6. The number of carbonyl (C=O) groups excluding carboxylic acids is 1. The number of alkyl halides is 1. The number of halogens is 1. The highest BCUT2D eigenvalue weighted by Gasteiger charge is 2.21. The van der Waals surface area contributed by atoms with Crippen molar-refractivity contribution >= 4 is 38.9 Å². The predicted molar refractivity (Wildman–Crippen MR) is 81.2 cm³/mol. The number of benzene rings is 1. The molecule has 19 heavy (non-hydrogen) atoms. The molecule has 0 bridgehead atoms. The first kappa shape index (κ1) is 12.9. The van der Waals surface area contributed by atoms with E-state index in [2.05, 4.69) is 11.4 Å². The van der Waals surface area contributed by atoms with Crippen LogP contribution in [-0.4, -0.2) is 17.3 Å². The Morgan fingerprint density at radius 2 is 1.95 bits per heavy atom. The van der Waals surface area contributed by atoms with Crippen molar-refractivity contribution < 1.29 is 4.79 Å². The minimum Gasteiger partial charge on any atom is -0.349 e. The van der Waals surface area contributed by atoms with Gasteiger partial charge in [0.05, 0.1) is 4.88 Å².